The maximum atomic E-state index is 8.67. The van der Waals surface area contributed by atoms with Gasteiger partial charge in [-0.25, -0.2) is 4.98 Å². The summed E-state index contributed by atoms with van der Waals surface area (Å²) in [5.41, 5.74) is 1.67. The average Bonchev–Trinajstić information content (AvgIpc) is 2.39. The molecule has 0 fully saturated rings. The first-order chi connectivity index (χ1) is 8.28. The van der Waals surface area contributed by atoms with Gasteiger partial charge in [0.05, 0.1) is 17.8 Å². The Hall–Kier alpha value is -1.86. The van der Waals surface area contributed by atoms with Gasteiger partial charge in [-0.2, -0.15) is 5.26 Å². The van der Waals surface area contributed by atoms with Crippen LogP contribution in [0.3, 0.4) is 0 Å². The summed E-state index contributed by atoms with van der Waals surface area (Å²) in [6.07, 6.45) is 1.66. The third-order valence-corrected chi connectivity index (χ3v) is 2.66. The molecule has 0 aliphatic heterocycles. The van der Waals surface area contributed by atoms with Gasteiger partial charge in [-0.15, -0.1) is 0 Å². The molecule has 4 heteroatoms. The molecule has 0 amide bonds. The molecule has 0 atom stereocenters. The van der Waals surface area contributed by atoms with Crippen LogP contribution in [-0.4, -0.2) is 4.98 Å². The molecule has 17 heavy (non-hydrogen) atoms. The molecule has 0 bridgehead atoms. The first-order valence-corrected chi connectivity index (χ1v) is 5.80. The highest BCUT2D eigenvalue weighted by Gasteiger charge is 1.97. The second-order valence-corrected chi connectivity index (χ2v) is 4.23. The molecule has 1 aromatic heterocycles. The quantitative estimate of drug-likeness (QED) is 0.814. The van der Waals surface area contributed by atoms with Gasteiger partial charge < -0.3 is 4.74 Å². The van der Waals surface area contributed by atoms with Crippen molar-refractivity contribution in [3.63, 3.8) is 0 Å². The summed E-state index contributed by atoms with van der Waals surface area (Å²) in [5, 5.41) is 8.67. The summed E-state index contributed by atoms with van der Waals surface area (Å²) in [5.74, 6) is 0.720. The summed E-state index contributed by atoms with van der Waals surface area (Å²) in [7, 11) is 0. The van der Waals surface area contributed by atoms with E-state index in [2.05, 4.69) is 27.0 Å². The molecule has 2 rings (SSSR count). The summed E-state index contributed by atoms with van der Waals surface area (Å²) in [6, 6.07) is 13.1. The lowest BCUT2D eigenvalue weighted by molar-refractivity contribution is 0.305. The third kappa shape index (κ3) is 3.30. The minimum Gasteiger partial charge on any atom is -0.487 e. The van der Waals surface area contributed by atoms with Gasteiger partial charge in [0.25, 0.3) is 0 Å². The first kappa shape index (κ1) is 11.6. The number of hydrogen-bond acceptors (Lipinski definition) is 3. The number of hydrogen-bond donors (Lipinski definition) is 0. The standard InChI is InChI=1S/C13H9BrN2O/c14-13-6-5-12(8-16-13)17-9-11-3-1-10(7-15)2-4-11/h1-6,8H,9H2. The van der Waals surface area contributed by atoms with Gasteiger partial charge in [0, 0.05) is 0 Å². The van der Waals surface area contributed by atoms with Gasteiger partial charge >= 0.3 is 0 Å². The second-order valence-electron chi connectivity index (χ2n) is 3.41. The molecule has 0 N–H and O–H groups in total. The Balaban J connectivity index is 1.98. The second kappa shape index (κ2) is 5.46. The van der Waals surface area contributed by atoms with Crippen LogP contribution in [0.4, 0.5) is 0 Å². The zero-order chi connectivity index (χ0) is 12.1. The van der Waals surface area contributed by atoms with E-state index in [0.717, 1.165) is 15.9 Å². The Labute approximate surface area is 108 Å². The van der Waals surface area contributed by atoms with Crippen molar-refractivity contribution in [1.82, 2.24) is 4.98 Å². The van der Waals surface area contributed by atoms with Crippen LogP contribution in [0.15, 0.2) is 47.2 Å². The zero-order valence-corrected chi connectivity index (χ0v) is 10.5. The number of ether oxygens (including phenoxy) is 1. The van der Waals surface area contributed by atoms with Gasteiger partial charge in [-0.05, 0) is 45.8 Å². The van der Waals surface area contributed by atoms with Crippen molar-refractivity contribution in [3.05, 3.63) is 58.3 Å². The maximum Gasteiger partial charge on any atom is 0.138 e. The Morgan fingerprint density at radius 1 is 1.18 bits per heavy atom. The molecule has 2 aromatic rings. The molecule has 1 heterocycles. The highest BCUT2D eigenvalue weighted by Crippen LogP contribution is 2.14. The fourth-order valence-corrected chi connectivity index (χ4v) is 1.52. The lowest BCUT2D eigenvalue weighted by atomic mass is 10.2. The van der Waals surface area contributed by atoms with Crippen molar-refractivity contribution >= 4 is 15.9 Å². The number of halogens is 1. The van der Waals surface area contributed by atoms with Crippen LogP contribution in [0.5, 0.6) is 5.75 Å². The third-order valence-electron chi connectivity index (χ3n) is 2.19. The van der Waals surface area contributed by atoms with Gasteiger partial charge in [-0.3, -0.25) is 0 Å². The largest absolute Gasteiger partial charge is 0.487 e. The number of rotatable bonds is 3. The maximum absolute atomic E-state index is 8.67. The number of pyridine rings is 1. The van der Waals surface area contributed by atoms with Gasteiger partial charge in [-0.1, -0.05) is 12.1 Å². The molecule has 1 aromatic carbocycles. The highest BCUT2D eigenvalue weighted by atomic mass is 79.9. The van der Waals surface area contributed by atoms with E-state index in [4.69, 9.17) is 10.00 Å². The number of aromatic nitrogens is 1. The number of nitriles is 1. The Kier molecular flexibility index (Phi) is 3.73. The predicted octanol–water partition coefficient (Wildman–Crippen LogP) is 3.29. The summed E-state index contributed by atoms with van der Waals surface area (Å²) in [6.45, 7) is 0.467. The van der Waals surface area contributed by atoms with E-state index in [1.165, 1.54) is 0 Å². The van der Waals surface area contributed by atoms with Crippen molar-refractivity contribution in [3.8, 4) is 11.8 Å². The molecule has 0 unspecified atom stereocenters. The van der Waals surface area contributed by atoms with Crippen LogP contribution in [0, 0.1) is 11.3 Å². The fraction of sp³-hybridized carbons (Fsp3) is 0.0769. The average molecular weight is 289 g/mol. The van der Waals surface area contributed by atoms with Crippen LogP contribution < -0.4 is 4.74 Å². The molecular formula is C13H9BrN2O. The van der Waals surface area contributed by atoms with Crippen molar-refractivity contribution in [1.29, 1.82) is 5.26 Å². The SMILES string of the molecule is N#Cc1ccc(COc2ccc(Br)nc2)cc1. The molecule has 3 nitrogen and oxygen atoms in total. The van der Waals surface area contributed by atoms with Crippen molar-refractivity contribution in [2.24, 2.45) is 0 Å². The monoisotopic (exact) mass is 288 g/mol. The van der Waals surface area contributed by atoms with Crippen LogP contribution in [0.25, 0.3) is 0 Å². The molecule has 0 aliphatic rings. The van der Waals surface area contributed by atoms with E-state index in [1.807, 2.05) is 24.3 Å². The lowest BCUT2D eigenvalue weighted by Gasteiger charge is -2.05. The predicted molar refractivity (Wildman–Crippen MR) is 67.4 cm³/mol. The number of nitrogens with zero attached hydrogens (tertiary/aromatic N) is 2. The van der Waals surface area contributed by atoms with Crippen LogP contribution in [0.2, 0.25) is 0 Å². The molecular weight excluding hydrogens is 280 g/mol. The van der Waals surface area contributed by atoms with Crippen molar-refractivity contribution in [2.75, 3.05) is 0 Å². The number of benzene rings is 1. The first-order valence-electron chi connectivity index (χ1n) is 5.01. The van der Waals surface area contributed by atoms with Crippen LogP contribution in [0.1, 0.15) is 11.1 Å². The van der Waals surface area contributed by atoms with E-state index in [-0.39, 0.29) is 0 Å². The molecule has 0 saturated heterocycles. The van der Waals surface area contributed by atoms with Crippen LogP contribution in [-0.2, 0) is 6.61 Å². The van der Waals surface area contributed by atoms with Crippen LogP contribution >= 0.6 is 15.9 Å². The minimum absolute atomic E-state index is 0.467. The summed E-state index contributed by atoms with van der Waals surface area (Å²) < 4.78 is 6.34. The molecule has 0 radical (unpaired) electrons. The van der Waals surface area contributed by atoms with Gasteiger partial charge in [0.2, 0.25) is 0 Å². The van der Waals surface area contributed by atoms with E-state index in [9.17, 15) is 0 Å². The van der Waals surface area contributed by atoms with E-state index < -0.39 is 0 Å². The molecule has 0 saturated carbocycles. The van der Waals surface area contributed by atoms with E-state index in [1.54, 1.807) is 18.3 Å². The smallest absolute Gasteiger partial charge is 0.138 e. The Morgan fingerprint density at radius 3 is 2.53 bits per heavy atom. The fourth-order valence-electron chi connectivity index (χ4n) is 1.29. The summed E-state index contributed by atoms with van der Waals surface area (Å²) >= 11 is 3.26. The summed E-state index contributed by atoms with van der Waals surface area (Å²) in [4.78, 5) is 4.07. The molecule has 0 spiro atoms. The van der Waals surface area contributed by atoms with E-state index >= 15 is 0 Å². The van der Waals surface area contributed by atoms with Crippen molar-refractivity contribution in [2.45, 2.75) is 6.61 Å². The van der Waals surface area contributed by atoms with E-state index in [0.29, 0.717) is 12.2 Å². The topological polar surface area (TPSA) is 45.9 Å². The highest BCUT2D eigenvalue weighted by molar-refractivity contribution is 9.10. The normalized spacial score (nSPS) is 9.65. The Morgan fingerprint density at radius 2 is 1.94 bits per heavy atom. The Bertz CT molecular complexity index is 529. The lowest BCUT2D eigenvalue weighted by Crippen LogP contribution is -1.95. The molecule has 0 aliphatic carbocycles. The molecule has 84 valence electrons. The van der Waals surface area contributed by atoms with Gasteiger partial charge in [0.1, 0.15) is 17.0 Å². The zero-order valence-electron chi connectivity index (χ0n) is 8.93. The minimum atomic E-state index is 0.467. The van der Waals surface area contributed by atoms with Crippen molar-refractivity contribution < 1.29 is 4.74 Å². The van der Waals surface area contributed by atoms with Gasteiger partial charge in [0.15, 0.2) is 0 Å².